The van der Waals surface area contributed by atoms with E-state index in [1.165, 1.54) is 15.9 Å². The lowest BCUT2D eigenvalue weighted by Crippen LogP contribution is -2.56. The van der Waals surface area contributed by atoms with Gasteiger partial charge in [0, 0.05) is 39.1 Å². The summed E-state index contributed by atoms with van der Waals surface area (Å²) in [5, 5.41) is 10.1. The molecule has 0 bridgehead atoms. The first-order valence-corrected chi connectivity index (χ1v) is 11.9. The highest BCUT2D eigenvalue weighted by Gasteiger charge is 2.35. The Labute approximate surface area is 203 Å². The zero-order valence-corrected chi connectivity index (χ0v) is 21.1. The van der Waals surface area contributed by atoms with Gasteiger partial charge in [-0.25, -0.2) is 0 Å². The molecule has 3 amide bonds. The number of carbonyl (C=O) groups excluding carboxylic acids is 3. The van der Waals surface area contributed by atoms with Crippen LogP contribution in [0.1, 0.15) is 45.6 Å². The third kappa shape index (κ3) is 7.95. The molecular formula is C26H40N4O4. The summed E-state index contributed by atoms with van der Waals surface area (Å²) in [7, 11) is 3.18. The number of likely N-dealkylation sites (tertiary alicyclic amines) is 1. The van der Waals surface area contributed by atoms with Crippen LogP contribution in [-0.2, 0) is 20.8 Å². The summed E-state index contributed by atoms with van der Waals surface area (Å²) in [5.41, 5.74) is 6.46. The Hall–Kier alpha value is -2.71. The molecule has 8 heteroatoms. The lowest BCUT2D eigenvalue weighted by molar-refractivity contribution is -0.150. The molecule has 3 N–H and O–H groups in total. The average molecular weight is 473 g/mol. The van der Waals surface area contributed by atoms with Gasteiger partial charge in [0.05, 0.1) is 6.10 Å². The van der Waals surface area contributed by atoms with E-state index in [-0.39, 0.29) is 24.3 Å². The summed E-state index contributed by atoms with van der Waals surface area (Å²) in [6.45, 7) is 6.23. The Morgan fingerprint density at radius 2 is 1.85 bits per heavy atom. The van der Waals surface area contributed by atoms with Crippen LogP contribution >= 0.6 is 0 Å². The largest absolute Gasteiger partial charge is 0.391 e. The van der Waals surface area contributed by atoms with Crippen LogP contribution in [0.3, 0.4) is 0 Å². The predicted molar refractivity (Wildman–Crippen MR) is 133 cm³/mol. The molecule has 188 valence electrons. The number of aliphatic hydroxyl groups is 1. The molecule has 1 saturated heterocycles. The van der Waals surface area contributed by atoms with Crippen molar-refractivity contribution in [3.8, 4) is 0 Å². The van der Waals surface area contributed by atoms with E-state index < -0.39 is 23.7 Å². The summed E-state index contributed by atoms with van der Waals surface area (Å²) in [5.74, 6) is -0.816. The van der Waals surface area contributed by atoms with Gasteiger partial charge < -0.3 is 25.5 Å². The Balaban J connectivity index is 2.18. The van der Waals surface area contributed by atoms with Gasteiger partial charge in [-0.15, -0.1) is 0 Å². The smallest absolute Gasteiger partial charge is 0.246 e. The summed E-state index contributed by atoms with van der Waals surface area (Å²) in [4.78, 5) is 43.9. The first-order valence-electron chi connectivity index (χ1n) is 11.9. The fourth-order valence-electron chi connectivity index (χ4n) is 3.98. The first kappa shape index (κ1) is 27.5. The van der Waals surface area contributed by atoms with Gasteiger partial charge in [0.15, 0.2) is 0 Å². The number of β-amino-alcohol motifs (C(OH)–C–C–N with tert-alkyl or cyclic N) is 1. The van der Waals surface area contributed by atoms with Crippen molar-refractivity contribution in [3.05, 3.63) is 48.0 Å². The third-order valence-corrected chi connectivity index (χ3v) is 6.27. The molecule has 2 rings (SSSR count). The number of rotatable bonds is 9. The number of hydrogen-bond donors (Lipinski definition) is 2. The van der Waals surface area contributed by atoms with Crippen LogP contribution in [0.5, 0.6) is 0 Å². The molecule has 3 atom stereocenters. The molecule has 1 aliphatic rings. The number of benzene rings is 1. The van der Waals surface area contributed by atoms with E-state index in [0.717, 1.165) is 12.0 Å². The van der Waals surface area contributed by atoms with Gasteiger partial charge in [0.1, 0.15) is 12.1 Å². The number of nitrogens with zero attached hydrogens (tertiary/aromatic N) is 3. The molecule has 0 radical (unpaired) electrons. The maximum Gasteiger partial charge on any atom is 0.246 e. The molecule has 1 aliphatic heterocycles. The maximum absolute atomic E-state index is 13.5. The summed E-state index contributed by atoms with van der Waals surface area (Å²) < 4.78 is 0. The van der Waals surface area contributed by atoms with Gasteiger partial charge in [-0.2, -0.15) is 0 Å². The predicted octanol–water partition coefficient (Wildman–Crippen LogP) is 1.57. The number of hydrogen-bond acceptors (Lipinski definition) is 5. The second-order valence-corrected chi connectivity index (χ2v) is 9.96. The minimum Gasteiger partial charge on any atom is -0.391 e. The fraction of sp³-hybridized carbons (Fsp3) is 0.577. The molecule has 0 saturated carbocycles. The first-order chi connectivity index (χ1) is 15.9. The minimum atomic E-state index is -0.758. The number of likely N-dealkylation sites (N-methyl/N-ethyl adjacent to an activating group) is 2. The Morgan fingerprint density at radius 3 is 2.44 bits per heavy atom. The molecule has 1 aromatic rings. The van der Waals surface area contributed by atoms with Crippen molar-refractivity contribution in [1.82, 2.24) is 14.7 Å². The molecule has 1 unspecified atom stereocenters. The molecule has 1 fully saturated rings. The molecule has 0 spiro atoms. The van der Waals surface area contributed by atoms with Gasteiger partial charge in [-0.3, -0.25) is 14.4 Å². The molecule has 0 aromatic heterocycles. The number of aliphatic hydroxyl groups excluding tert-OH is 1. The Morgan fingerprint density at radius 1 is 1.21 bits per heavy atom. The van der Waals surface area contributed by atoms with E-state index >= 15 is 0 Å². The van der Waals surface area contributed by atoms with Crippen LogP contribution in [0, 0.1) is 0 Å². The second kappa shape index (κ2) is 12.1. The molecule has 1 heterocycles. The summed E-state index contributed by atoms with van der Waals surface area (Å²) in [6, 6.07) is 8.04. The van der Waals surface area contributed by atoms with Gasteiger partial charge >= 0.3 is 0 Å². The van der Waals surface area contributed by atoms with Crippen molar-refractivity contribution in [2.24, 2.45) is 5.73 Å². The van der Waals surface area contributed by atoms with Crippen LogP contribution in [0.25, 0.3) is 0 Å². The normalized spacial score (nSPS) is 18.4. The molecular weight excluding hydrogens is 432 g/mol. The van der Waals surface area contributed by atoms with Gasteiger partial charge in [-0.05, 0) is 51.7 Å². The van der Waals surface area contributed by atoms with Crippen LogP contribution in [0.4, 0.5) is 0 Å². The molecule has 0 aliphatic carbocycles. The van der Waals surface area contributed by atoms with Crippen molar-refractivity contribution in [1.29, 1.82) is 0 Å². The van der Waals surface area contributed by atoms with Crippen molar-refractivity contribution in [3.63, 3.8) is 0 Å². The van der Waals surface area contributed by atoms with E-state index in [2.05, 4.69) is 0 Å². The molecule has 1 aromatic carbocycles. The summed E-state index contributed by atoms with van der Waals surface area (Å²) in [6.07, 6.45) is 4.87. The fourth-order valence-corrected chi connectivity index (χ4v) is 3.98. The quantitative estimate of drug-likeness (QED) is 0.531. The van der Waals surface area contributed by atoms with Crippen molar-refractivity contribution in [2.45, 2.75) is 70.2 Å². The second-order valence-electron chi connectivity index (χ2n) is 9.96. The SMILES string of the molecule is C[C@H](C(=O)N(C)[C@H](Cc1ccccc1)C(=O)N1CCCC(O)C1)N(C)C(=O)/C=C/CC(C)(C)N. The lowest BCUT2D eigenvalue weighted by atomic mass is 10.0. The average Bonchev–Trinajstić information content (AvgIpc) is 2.80. The highest BCUT2D eigenvalue weighted by molar-refractivity contribution is 5.94. The van der Waals surface area contributed by atoms with Crippen molar-refractivity contribution >= 4 is 17.7 Å². The topological polar surface area (TPSA) is 107 Å². The molecule has 34 heavy (non-hydrogen) atoms. The lowest BCUT2D eigenvalue weighted by Gasteiger charge is -2.37. The minimum absolute atomic E-state index is 0.190. The monoisotopic (exact) mass is 472 g/mol. The van der Waals surface area contributed by atoms with E-state index in [0.29, 0.717) is 25.8 Å². The van der Waals surface area contributed by atoms with Gasteiger partial charge in [0.25, 0.3) is 0 Å². The van der Waals surface area contributed by atoms with Crippen molar-refractivity contribution in [2.75, 3.05) is 27.2 Å². The zero-order chi connectivity index (χ0) is 25.5. The van der Waals surface area contributed by atoms with E-state index in [9.17, 15) is 19.5 Å². The van der Waals surface area contributed by atoms with Crippen LogP contribution < -0.4 is 5.73 Å². The standard InChI is InChI=1S/C26H40N4O4/c1-19(28(4)23(32)14-9-15-26(2,3)27)24(33)29(5)22(17-20-11-7-6-8-12-20)25(34)30-16-10-13-21(31)18-30/h6-9,11-12,14,19,21-22,31H,10,13,15-18,27H2,1-5H3/b14-9+/t19-,21?,22-/m1/s1. The van der Waals surface area contributed by atoms with Crippen LogP contribution in [-0.4, -0.2) is 88.4 Å². The Bertz CT molecular complexity index is 865. The number of carbonyl (C=O) groups is 3. The zero-order valence-electron chi connectivity index (χ0n) is 21.1. The summed E-state index contributed by atoms with van der Waals surface area (Å²) >= 11 is 0. The Kier molecular flexibility index (Phi) is 9.82. The number of nitrogens with two attached hydrogens (primary N) is 1. The van der Waals surface area contributed by atoms with Crippen LogP contribution in [0.15, 0.2) is 42.5 Å². The highest BCUT2D eigenvalue weighted by Crippen LogP contribution is 2.17. The maximum atomic E-state index is 13.5. The number of piperidine rings is 1. The van der Waals surface area contributed by atoms with E-state index in [1.807, 2.05) is 44.2 Å². The molecule has 8 nitrogen and oxygen atoms in total. The number of amides is 3. The highest BCUT2D eigenvalue weighted by atomic mass is 16.3. The van der Waals surface area contributed by atoms with Crippen molar-refractivity contribution < 1.29 is 19.5 Å². The van der Waals surface area contributed by atoms with E-state index in [4.69, 9.17) is 5.73 Å². The third-order valence-electron chi connectivity index (χ3n) is 6.27. The van der Waals surface area contributed by atoms with Gasteiger partial charge in [-0.1, -0.05) is 36.4 Å². The van der Waals surface area contributed by atoms with Crippen LogP contribution in [0.2, 0.25) is 0 Å². The van der Waals surface area contributed by atoms with E-state index in [1.54, 1.807) is 32.0 Å². The van der Waals surface area contributed by atoms with Gasteiger partial charge in [0.2, 0.25) is 17.7 Å².